The Morgan fingerprint density at radius 2 is 1.55 bits per heavy atom. The summed E-state index contributed by atoms with van der Waals surface area (Å²) >= 11 is 2.33. The molecule has 0 bridgehead atoms. The van der Waals surface area contributed by atoms with Crippen LogP contribution < -0.4 is 5.32 Å². The SMILES string of the molecule is O=C1OC(C(F)(F)F)(C(F)(F)F)NC1CC(F)(F)CBr. The minimum Gasteiger partial charge on any atom is -0.424 e. The maximum atomic E-state index is 13.0. The number of hydrogen-bond acceptors (Lipinski definition) is 3. The maximum Gasteiger partial charge on any atom is 0.452 e. The molecule has 0 aromatic carbocycles. The highest BCUT2D eigenvalue weighted by molar-refractivity contribution is 9.09. The van der Waals surface area contributed by atoms with Crippen molar-refractivity contribution >= 4 is 21.9 Å². The van der Waals surface area contributed by atoms with E-state index in [0.717, 1.165) is 5.32 Å². The van der Waals surface area contributed by atoms with Crippen LogP contribution in [0.1, 0.15) is 6.42 Å². The van der Waals surface area contributed by atoms with Crippen LogP contribution in [0, 0.1) is 0 Å². The third-order valence-electron chi connectivity index (χ3n) is 2.41. The maximum absolute atomic E-state index is 13.0. The van der Waals surface area contributed by atoms with Crippen molar-refractivity contribution in [3.63, 3.8) is 0 Å². The first-order valence-corrected chi connectivity index (χ1v) is 5.96. The summed E-state index contributed by atoms with van der Waals surface area (Å²) in [5, 5.41) is -0.229. The van der Waals surface area contributed by atoms with Gasteiger partial charge in [-0.3, -0.25) is 10.1 Å². The second-order valence-corrected chi connectivity index (χ2v) is 4.55. The Kier molecular flexibility index (Phi) is 4.32. The number of ether oxygens (including phenoxy) is 1. The van der Waals surface area contributed by atoms with Gasteiger partial charge in [-0.2, -0.15) is 26.3 Å². The van der Waals surface area contributed by atoms with Crippen molar-refractivity contribution in [1.29, 1.82) is 0 Å². The van der Waals surface area contributed by atoms with Crippen molar-refractivity contribution in [2.24, 2.45) is 0 Å². The summed E-state index contributed by atoms with van der Waals surface area (Å²) in [5.41, 5.74) is -4.97. The first-order chi connectivity index (χ1) is 8.76. The first kappa shape index (κ1) is 17.4. The quantitative estimate of drug-likeness (QED) is 0.465. The number of alkyl halides is 9. The van der Waals surface area contributed by atoms with Gasteiger partial charge < -0.3 is 4.74 Å². The summed E-state index contributed by atoms with van der Waals surface area (Å²) in [6.07, 6.45) is -13.6. The van der Waals surface area contributed by atoms with Crippen LogP contribution in [-0.4, -0.2) is 41.3 Å². The molecule has 1 aliphatic rings. The van der Waals surface area contributed by atoms with Crippen molar-refractivity contribution in [2.45, 2.75) is 36.5 Å². The number of hydrogen-bond donors (Lipinski definition) is 1. The van der Waals surface area contributed by atoms with Gasteiger partial charge in [-0.1, -0.05) is 15.9 Å². The molecule has 1 atom stereocenters. The molecule has 0 spiro atoms. The van der Waals surface area contributed by atoms with Gasteiger partial charge in [-0.15, -0.1) is 0 Å². The van der Waals surface area contributed by atoms with Gasteiger partial charge in [-0.25, -0.2) is 8.78 Å². The van der Waals surface area contributed by atoms with Crippen LogP contribution in [0.3, 0.4) is 0 Å². The Morgan fingerprint density at radius 1 is 1.10 bits per heavy atom. The molecule has 0 radical (unpaired) electrons. The van der Waals surface area contributed by atoms with Crippen molar-refractivity contribution in [2.75, 3.05) is 5.33 Å². The predicted octanol–water partition coefficient (Wildman–Crippen LogP) is 2.74. The predicted molar refractivity (Wildman–Crippen MR) is 51.2 cm³/mol. The van der Waals surface area contributed by atoms with E-state index in [1.807, 2.05) is 0 Å². The number of carbonyl (C=O) groups is 1. The van der Waals surface area contributed by atoms with Crippen LogP contribution >= 0.6 is 15.9 Å². The third kappa shape index (κ3) is 3.00. The summed E-state index contributed by atoms with van der Waals surface area (Å²) < 4.78 is 104. The van der Waals surface area contributed by atoms with Crippen molar-refractivity contribution in [3.05, 3.63) is 0 Å². The van der Waals surface area contributed by atoms with Gasteiger partial charge in [0.1, 0.15) is 6.04 Å². The van der Waals surface area contributed by atoms with E-state index in [0.29, 0.717) is 0 Å². The van der Waals surface area contributed by atoms with Gasteiger partial charge in [0.15, 0.2) is 0 Å². The smallest absolute Gasteiger partial charge is 0.424 e. The molecule has 0 aliphatic carbocycles. The number of esters is 1. The highest BCUT2D eigenvalue weighted by atomic mass is 79.9. The summed E-state index contributed by atoms with van der Waals surface area (Å²) in [5.74, 6) is -5.72. The largest absolute Gasteiger partial charge is 0.452 e. The van der Waals surface area contributed by atoms with Crippen LogP contribution in [-0.2, 0) is 9.53 Å². The van der Waals surface area contributed by atoms with Gasteiger partial charge in [0.05, 0.1) is 5.33 Å². The van der Waals surface area contributed by atoms with E-state index >= 15 is 0 Å². The number of carbonyl (C=O) groups excluding carboxylic acids is 1. The van der Waals surface area contributed by atoms with Crippen LogP contribution in [0.2, 0.25) is 0 Å². The van der Waals surface area contributed by atoms with Crippen LogP contribution in [0.25, 0.3) is 0 Å². The van der Waals surface area contributed by atoms with Gasteiger partial charge in [0, 0.05) is 6.42 Å². The van der Waals surface area contributed by atoms with E-state index in [-0.39, 0.29) is 0 Å². The molecule has 1 aliphatic heterocycles. The minimum absolute atomic E-state index is 0.802. The highest BCUT2D eigenvalue weighted by Crippen LogP contribution is 2.47. The molecule has 12 heteroatoms. The molecule has 1 unspecified atom stereocenters. The van der Waals surface area contributed by atoms with E-state index in [4.69, 9.17) is 0 Å². The van der Waals surface area contributed by atoms with E-state index in [2.05, 4.69) is 20.7 Å². The van der Waals surface area contributed by atoms with E-state index < -0.39 is 47.8 Å². The third-order valence-corrected chi connectivity index (χ3v) is 3.23. The minimum atomic E-state index is -6.04. The molecule has 0 saturated carbocycles. The van der Waals surface area contributed by atoms with Gasteiger partial charge >= 0.3 is 24.0 Å². The zero-order chi connectivity index (χ0) is 16.0. The van der Waals surface area contributed by atoms with Crippen LogP contribution in [0.15, 0.2) is 0 Å². The lowest BCUT2D eigenvalue weighted by molar-refractivity contribution is -0.369. The summed E-state index contributed by atoms with van der Waals surface area (Å²) in [4.78, 5) is 11.0. The lowest BCUT2D eigenvalue weighted by Crippen LogP contribution is -2.65. The molecule has 1 N–H and O–H groups in total. The van der Waals surface area contributed by atoms with Crippen LogP contribution in [0.5, 0.6) is 0 Å². The van der Waals surface area contributed by atoms with Crippen LogP contribution in [0.4, 0.5) is 35.1 Å². The Labute approximate surface area is 114 Å². The molecule has 1 heterocycles. The number of halogens is 9. The normalized spacial score (nSPS) is 23.9. The molecule has 1 saturated heterocycles. The Bertz CT molecular complexity index is 379. The molecular weight excluding hydrogens is 374 g/mol. The molecule has 118 valence electrons. The second-order valence-electron chi connectivity index (χ2n) is 3.99. The fraction of sp³-hybridized carbons (Fsp3) is 0.875. The van der Waals surface area contributed by atoms with E-state index in [1.54, 1.807) is 0 Å². The Morgan fingerprint density at radius 3 is 1.85 bits per heavy atom. The first-order valence-electron chi connectivity index (χ1n) is 4.83. The molecule has 1 rings (SSSR count). The molecular formula is C8H6BrF8NO2. The number of nitrogens with one attached hydrogen (secondary N) is 1. The zero-order valence-electron chi connectivity index (χ0n) is 9.21. The molecule has 3 nitrogen and oxygen atoms in total. The van der Waals surface area contributed by atoms with Gasteiger partial charge in [0.2, 0.25) is 0 Å². The Hall–Kier alpha value is -0.650. The Balaban J connectivity index is 3.09. The second kappa shape index (κ2) is 4.97. The van der Waals surface area contributed by atoms with Crippen molar-refractivity contribution in [1.82, 2.24) is 5.32 Å². The number of rotatable bonds is 3. The molecule has 1 fully saturated rings. The summed E-state index contributed by atoms with van der Waals surface area (Å²) in [6.45, 7) is 0. The molecule has 0 aromatic heterocycles. The van der Waals surface area contributed by atoms with Gasteiger partial charge in [0.25, 0.3) is 5.92 Å². The zero-order valence-corrected chi connectivity index (χ0v) is 10.8. The standard InChI is InChI=1S/C8H6BrF8NO2/c9-2-5(10,11)1-3-4(19)20-6(18-3,7(12,13)14)8(15,16)17/h3,18H,1-2H2. The summed E-state index contributed by atoms with van der Waals surface area (Å²) in [6, 6.07) is -2.43. The van der Waals surface area contributed by atoms with Gasteiger partial charge in [-0.05, 0) is 0 Å². The van der Waals surface area contributed by atoms with E-state index in [1.165, 1.54) is 0 Å². The van der Waals surface area contributed by atoms with E-state index in [9.17, 15) is 39.9 Å². The van der Waals surface area contributed by atoms with Crippen molar-refractivity contribution < 1.29 is 44.7 Å². The topological polar surface area (TPSA) is 38.3 Å². The average molecular weight is 380 g/mol. The van der Waals surface area contributed by atoms with Crippen molar-refractivity contribution in [3.8, 4) is 0 Å². The monoisotopic (exact) mass is 379 g/mol. The molecule has 0 amide bonds. The molecule has 20 heavy (non-hydrogen) atoms. The highest BCUT2D eigenvalue weighted by Gasteiger charge is 2.78. The lowest BCUT2D eigenvalue weighted by Gasteiger charge is -2.31. The fourth-order valence-corrected chi connectivity index (χ4v) is 1.71. The average Bonchev–Trinajstić information content (AvgIpc) is 2.55. The number of cyclic esters (lactones) is 1. The lowest BCUT2D eigenvalue weighted by atomic mass is 10.1. The molecule has 0 aromatic rings. The fourth-order valence-electron chi connectivity index (χ4n) is 1.48. The summed E-state index contributed by atoms with van der Waals surface area (Å²) in [7, 11) is 0.